The van der Waals surface area contributed by atoms with Crippen molar-refractivity contribution in [3.8, 4) is 0 Å². The lowest BCUT2D eigenvalue weighted by Gasteiger charge is -2.52. The highest BCUT2D eigenvalue weighted by Crippen LogP contribution is 2.42. The van der Waals surface area contributed by atoms with Gasteiger partial charge in [0.2, 0.25) is 23.6 Å². The molecule has 786 valence electrons. The summed E-state index contributed by atoms with van der Waals surface area (Å²) in [5.41, 5.74) is 0. The van der Waals surface area contributed by atoms with Crippen molar-refractivity contribution in [2.45, 2.75) is 486 Å². The molecule has 0 bridgehead atoms. The first-order valence-electron chi connectivity index (χ1n) is 49.2. The number of hydrogen-bond acceptors (Lipinski definition) is 37. The number of carboxylic acids is 2. The first-order chi connectivity index (χ1) is 64.5. The average Bonchev–Trinajstić information content (AvgIpc) is 0.755. The molecule has 25 N–H and O–H groups in total. The maximum atomic E-state index is 13.7. The standard InChI is InChI=1S/C92H164N4O39/c1-6-8-10-12-14-16-18-20-21-22-23-24-25-26-27-28-29-31-33-35-37-39-41-43-66(110)96-56(57(105)42-40-38-36-34-32-30-19-17-15-13-11-9-7-2)51-124-86-76(117)75(116)79(64(50-101)128-86)130-87-77(118)83(72(113)62(48-99)126-87)132-85-69(95-55(5)104)80(74(115)65(129-85)52-125-91(89(120)121)44-58(106)67(93-53(3)102)81(133-91)70(111)60(108)46-97)131-88-78(119)84(73(114)63(49-100)127-88)135-92(90(122)123)45-59(107)68(94-54(4)103)82(134-92)71(112)61(109)47-98/h40,42,56-65,67-88,97-101,105-109,111-119H,6-39,41,43-52H2,1-5H3,(H,93,102)(H,94,103)(H,95,104)(H,96,110)(H,120,121)(H,122,123)/b42-40+/t56-,57+,58?,59?,60+,61+,62?,63?,64?,65?,67+,68+,69?,70+,71+,72-,73-,74+,75+,76?,77?,78?,79+,80+,81?,82?,83-,84-,85-,86+,87-,88-,91+,92-/m0/s1. The van der Waals surface area contributed by atoms with E-state index in [4.69, 9.17) is 56.8 Å². The molecule has 6 aliphatic rings. The Morgan fingerprint density at radius 1 is 0.400 bits per heavy atom. The van der Waals surface area contributed by atoms with Crippen LogP contribution in [0, 0.1) is 0 Å². The molecule has 135 heavy (non-hydrogen) atoms. The molecule has 0 aromatic rings. The number of carboxylic acid groups (broad SMARTS) is 2. The molecule has 6 saturated heterocycles. The highest BCUT2D eigenvalue weighted by atomic mass is 16.8. The molecule has 43 heteroatoms. The summed E-state index contributed by atoms with van der Waals surface area (Å²) in [5, 5.41) is 247. The number of aliphatic hydroxyl groups is 19. The monoisotopic (exact) mass is 1950 g/mol. The van der Waals surface area contributed by atoms with Crippen molar-refractivity contribution in [2.75, 3.05) is 46.2 Å². The Labute approximate surface area is 790 Å². The van der Waals surface area contributed by atoms with Crippen LogP contribution in [0.15, 0.2) is 12.2 Å². The molecule has 6 aliphatic heterocycles. The van der Waals surface area contributed by atoms with Crippen LogP contribution < -0.4 is 21.3 Å². The molecule has 6 rings (SSSR count). The summed E-state index contributed by atoms with van der Waals surface area (Å²) in [6, 6.07) is -6.88. The van der Waals surface area contributed by atoms with E-state index in [-0.39, 0.29) is 6.42 Å². The molecule has 6 heterocycles. The van der Waals surface area contributed by atoms with Gasteiger partial charge in [-0.2, -0.15) is 0 Å². The van der Waals surface area contributed by atoms with Crippen LogP contribution in [0.2, 0.25) is 0 Å². The quantitative estimate of drug-likeness (QED) is 0.0263. The normalized spacial score (nSPS) is 33.7. The van der Waals surface area contributed by atoms with E-state index < -0.39 is 302 Å². The van der Waals surface area contributed by atoms with E-state index in [0.717, 1.165) is 85.0 Å². The van der Waals surface area contributed by atoms with E-state index >= 15 is 0 Å². The zero-order valence-electron chi connectivity index (χ0n) is 79.2. The van der Waals surface area contributed by atoms with Crippen LogP contribution in [-0.2, 0) is 85.6 Å². The largest absolute Gasteiger partial charge is 0.477 e. The van der Waals surface area contributed by atoms with Crippen LogP contribution in [0.25, 0.3) is 0 Å². The SMILES string of the molecule is CCCCCCCCCCCCC/C=C/[C@@H](O)[C@H](CO[C@@H]1OC(CO)[C@@H](O[C@@H]2OC(CO)[C@H](O)[C@H](O[C@@H]3OC(CO[C@]4(C(=O)O)CC(O)[C@@H](NC(C)=O)C([C@H](O)[C@H](O)CO)O4)[C@@H](O)[C@H](O[C@@H]4OC(CO)[C@H](O)[C@H](O[C@]5(C(=O)O)CC(O)[C@@H](NC(C)=O)C([C@H](O)[C@H](O)CO)O5)C4O)C3NC(C)=O)C2O)[C@H](O)C1O)NC(=O)CCCCCCCCCCCCCCCCCCCCCCCCC. The van der Waals surface area contributed by atoms with Gasteiger partial charge in [-0.3, -0.25) is 19.2 Å². The minimum atomic E-state index is -3.37. The Hall–Kier alpha value is -4.68. The first-order valence-corrected chi connectivity index (χ1v) is 49.2. The van der Waals surface area contributed by atoms with Crippen LogP contribution in [0.3, 0.4) is 0 Å². The van der Waals surface area contributed by atoms with Crippen LogP contribution >= 0.6 is 0 Å². The molecule has 0 aliphatic carbocycles. The highest BCUT2D eigenvalue weighted by Gasteiger charge is 2.63. The predicted octanol–water partition coefficient (Wildman–Crippen LogP) is -0.748. The van der Waals surface area contributed by atoms with Crippen LogP contribution in [0.1, 0.15) is 279 Å². The Morgan fingerprint density at radius 3 is 1.19 bits per heavy atom. The van der Waals surface area contributed by atoms with E-state index in [1.165, 1.54) is 154 Å². The number of carbonyl (C=O) groups is 6. The van der Waals surface area contributed by atoms with E-state index in [0.29, 0.717) is 12.8 Å². The smallest absolute Gasteiger partial charge is 0.364 e. The second-order valence-electron chi connectivity index (χ2n) is 37.1. The number of hydrogen-bond donors (Lipinski definition) is 25. The summed E-state index contributed by atoms with van der Waals surface area (Å²) >= 11 is 0. The summed E-state index contributed by atoms with van der Waals surface area (Å²) in [6.45, 7) is -0.620. The van der Waals surface area contributed by atoms with Crippen LogP contribution in [0.5, 0.6) is 0 Å². The Kier molecular flexibility index (Phi) is 55.3. The predicted molar refractivity (Wildman–Crippen MR) is 477 cm³/mol. The van der Waals surface area contributed by atoms with Gasteiger partial charge in [0.05, 0.1) is 82.7 Å². The van der Waals surface area contributed by atoms with Gasteiger partial charge in [-0.15, -0.1) is 0 Å². The lowest BCUT2D eigenvalue weighted by molar-refractivity contribution is -0.391. The summed E-state index contributed by atoms with van der Waals surface area (Å²) < 4.78 is 71.8. The third-order valence-corrected chi connectivity index (χ3v) is 26.1. The van der Waals surface area contributed by atoms with Gasteiger partial charge in [0.15, 0.2) is 25.2 Å². The number of rotatable bonds is 67. The Morgan fingerprint density at radius 2 is 0.763 bits per heavy atom. The molecule has 43 nitrogen and oxygen atoms in total. The topological polar surface area (TPSA) is 686 Å². The fourth-order valence-corrected chi connectivity index (χ4v) is 18.2. The van der Waals surface area contributed by atoms with Crippen molar-refractivity contribution < 1.29 is 193 Å². The molecule has 34 atom stereocenters. The van der Waals surface area contributed by atoms with Crippen molar-refractivity contribution in [2.24, 2.45) is 0 Å². The van der Waals surface area contributed by atoms with E-state index in [1.807, 2.05) is 0 Å². The molecule has 0 saturated carbocycles. The lowest BCUT2D eigenvalue weighted by Crippen LogP contribution is -2.72. The van der Waals surface area contributed by atoms with Crippen molar-refractivity contribution in [3.63, 3.8) is 0 Å². The molecular weight excluding hydrogens is 1790 g/mol. The van der Waals surface area contributed by atoms with Gasteiger partial charge in [0.1, 0.15) is 134 Å². The van der Waals surface area contributed by atoms with Crippen molar-refractivity contribution >= 4 is 35.6 Å². The lowest BCUT2D eigenvalue weighted by atomic mass is 9.88. The van der Waals surface area contributed by atoms with Gasteiger partial charge in [-0.25, -0.2) is 9.59 Å². The second-order valence-corrected chi connectivity index (χ2v) is 37.1. The third kappa shape index (κ3) is 37.2. The number of aliphatic carboxylic acids is 2. The number of carbonyl (C=O) groups excluding carboxylic acids is 4. The molecule has 4 amide bonds. The van der Waals surface area contributed by atoms with Gasteiger partial charge in [0, 0.05) is 40.0 Å². The summed E-state index contributed by atoms with van der Waals surface area (Å²) in [4.78, 5) is 79.2. The zero-order valence-corrected chi connectivity index (χ0v) is 79.2. The minimum absolute atomic E-state index is 0.116. The summed E-state index contributed by atoms with van der Waals surface area (Å²) in [6.07, 6.45) is -19.9. The van der Waals surface area contributed by atoms with Gasteiger partial charge < -0.3 is 185 Å². The van der Waals surface area contributed by atoms with Gasteiger partial charge in [-0.05, 0) is 19.3 Å². The second kappa shape index (κ2) is 62.7. The Bertz CT molecular complexity index is 3350. The van der Waals surface area contributed by atoms with Crippen LogP contribution in [-0.4, -0.2) is 396 Å². The molecule has 0 radical (unpaired) electrons. The number of allylic oxidation sites excluding steroid dienone is 1. The highest BCUT2D eigenvalue weighted by molar-refractivity contribution is 5.78. The zero-order chi connectivity index (χ0) is 99.5. The van der Waals surface area contributed by atoms with Crippen LogP contribution in [0.4, 0.5) is 0 Å². The van der Waals surface area contributed by atoms with E-state index in [9.17, 15) is 136 Å². The number of ether oxygens (including phenoxy) is 12. The molecule has 0 aromatic heterocycles. The van der Waals surface area contributed by atoms with Gasteiger partial charge in [-0.1, -0.05) is 231 Å². The number of unbranched alkanes of at least 4 members (excludes halogenated alkanes) is 33. The minimum Gasteiger partial charge on any atom is -0.477 e. The summed E-state index contributed by atoms with van der Waals surface area (Å²) in [7, 11) is 0. The number of amides is 4. The average molecular weight is 1950 g/mol. The van der Waals surface area contributed by atoms with E-state index in [2.05, 4.69) is 35.1 Å². The Balaban J connectivity index is 1.22. The maximum Gasteiger partial charge on any atom is 0.364 e. The van der Waals surface area contributed by atoms with Crippen molar-refractivity contribution in [3.05, 3.63) is 12.2 Å². The van der Waals surface area contributed by atoms with E-state index in [1.54, 1.807) is 6.08 Å². The maximum absolute atomic E-state index is 13.7. The molecule has 12 unspecified atom stereocenters. The summed E-state index contributed by atoms with van der Waals surface area (Å²) in [5.74, 6) is -14.2. The third-order valence-electron chi connectivity index (χ3n) is 26.1. The molecule has 6 fully saturated rings. The number of nitrogens with one attached hydrogen (secondary N) is 4. The molecule has 0 aromatic carbocycles. The van der Waals surface area contributed by atoms with Crippen molar-refractivity contribution in [1.29, 1.82) is 0 Å². The fourth-order valence-electron chi connectivity index (χ4n) is 18.2. The van der Waals surface area contributed by atoms with Crippen molar-refractivity contribution in [1.82, 2.24) is 21.3 Å². The first kappa shape index (κ1) is 119. The molecule has 0 spiro atoms. The molecular formula is C92H164N4O39. The fraction of sp³-hybridized carbons (Fsp3) is 0.913. The number of aliphatic hydroxyl groups excluding tert-OH is 19. The van der Waals surface area contributed by atoms with Gasteiger partial charge >= 0.3 is 11.9 Å². The van der Waals surface area contributed by atoms with Gasteiger partial charge in [0.25, 0.3) is 11.6 Å².